The molecule has 0 aliphatic rings. The lowest BCUT2D eigenvalue weighted by atomic mass is 10.1. The van der Waals surface area contributed by atoms with Crippen molar-refractivity contribution in [2.75, 3.05) is 0 Å². The van der Waals surface area contributed by atoms with Gasteiger partial charge in [-0.3, -0.25) is 14.6 Å². The van der Waals surface area contributed by atoms with Crippen LogP contribution in [0, 0.1) is 6.92 Å². The molecule has 0 bridgehead atoms. The highest BCUT2D eigenvalue weighted by Gasteiger charge is 2.12. The zero-order valence-electron chi connectivity index (χ0n) is 13.9. The predicted molar refractivity (Wildman–Crippen MR) is 96.7 cm³/mol. The van der Waals surface area contributed by atoms with Crippen LogP contribution in [0.5, 0.6) is 11.5 Å². The standard InChI is InChI=1S/C18H14ClN3O4/c1-10-7-13(22-18(25)21-16(24)9-20-22)8-15(19)17(10)26-14-5-3-12(4-6-14)11(2)23/h3-9H,1-2H3,(H,21,24,25). The third-order valence-corrected chi connectivity index (χ3v) is 3.93. The Hall–Kier alpha value is -3.19. The molecule has 0 spiro atoms. The maximum atomic E-state index is 11.9. The fraction of sp³-hybridized carbons (Fsp3) is 0.111. The second kappa shape index (κ2) is 6.97. The number of aromatic amines is 1. The van der Waals surface area contributed by atoms with Gasteiger partial charge in [0.25, 0.3) is 5.56 Å². The van der Waals surface area contributed by atoms with Crippen molar-refractivity contribution in [3.05, 3.63) is 79.6 Å². The van der Waals surface area contributed by atoms with E-state index in [0.29, 0.717) is 28.3 Å². The number of aromatic nitrogens is 3. The van der Waals surface area contributed by atoms with Gasteiger partial charge < -0.3 is 4.74 Å². The first-order chi connectivity index (χ1) is 12.3. The average molecular weight is 372 g/mol. The highest BCUT2D eigenvalue weighted by atomic mass is 35.5. The Morgan fingerprint density at radius 2 is 1.88 bits per heavy atom. The predicted octanol–water partition coefficient (Wildman–Crippen LogP) is 2.88. The second-order valence-electron chi connectivity index (χ2n) is 5.61. The van der Waals surface area contributed by atoms with Gasteiger partial charge in [0.15, 0.2) is 5.78 Å². The maximum absolute atomic E-state index is 11.9. The number of carbonyl (C=O) groups is 1. The Labute approximate surface area is 152 Å². The average Bonchev–Trinajstić information content (AvgIpc) is 2.58. The minimum Gasteiger partial charge on any atom is -0.456 e. The molecule has 0 radical (unpaired) electrons. The monoisotopic (exact) mass is 371 g/mol. The molecular formula is C18H14ClN3O4. The van der Waals surface area contributed by atoms with Crippen molar-refractivity contribution in [3.8, 4) is 17.2 Å². The van der Waals surface area contributed by atoms with Crippen LogP contribution in [0.3, 0.4) is 0 Å². The summed E-state index contributed by atoms with van der Waals surface area (Å²) in [5.41, 5.74) is 0.402. The van der Waals surface area contributed by atoms with Crippen molar-refractivity contribution in [3.63, 3.8) is 0 Å². The van der Waals surface area contributed by atoms with Gasteiger partial charge in [0.1, 0.15) is 17.7 Å². The van der Waals surface area contributed by atoms with Crippen molar-refractivity contribution in [2.45, 2.75) is 13.8 Å². The lowest BCUT2D eigenvalue weighted by Gasteiger charge is -2.13. The summed E-state index contributed by atoms with van der Waals surface area (Å²) in [7, 11) is 0. The van der Waals surface area contributed by atoms with Crippen LogP contribution in [0.15, 0.2) is 52.2 Å². The van der Waals surface area contributed by atoms with E-state index in [0.717, 1.165) is 10.9 Å². The van der Waals surface area contributed by atoms with E-state index >= 15 is 0 Å². The molecule has 8 heteroatoms. The molecular weight excluding hydrogens is 358 g/mol. The molecule has 0 saturated heterocycles. The molecule has 3 rings (SSSR count). The number of nitrogens with one attached hydrogen (secondary N) is 1. The normalized spacial score (nSPS) is 10.6. The maximum Gasteiger partial charge on any atom is 0.349 e. The van der Waals surface area contributed by atoms with Gasteiger partial charge in [-0.15, -0.1) is 0 Å². The van der Waals surface area contributed by atoms with E-state index in [1.54, 1.807) is 37.3 Å². The summed E-state index contributed by atoms with van der Waals surface area (Å²) in [5, 5.41) is 4.07. The van der Waals surface area contributed by atoms with Gasteiger partial charge in [-0.1, -0.05) is 11.6 Å². The number of H-pyrrole nitrogens is 1. The molecule has 2 aromatic carbocycles. The van der Waals surface area contributed by atoms with E-state index in [-0.39, 0.29) is 10.8 Å². The number of halogens is 1. The zero-order chi connectivity index (χ0) is 18.8. The van der Waals surface area contributed by atoms with E-state index in [1.165, 1.54) is 13.0 Å². The quantitative estimate of drug-likeness (QED) is 0.711. The Kier molecular flexibility index (Phi) is 4.73. The zero-order valence-corrected chi connectivity index (χ0v) is 14.7. The van der Waals surface area contributed by atoms with Crippen molar-refractivity contribution in [2.24, 2.45) is 0 Å². The number of Topliss-reactive ketones (excluding diaryl/α,β-unsaturated/α-hetero) is 1. The fourth-order valence-electron chi connectivity index (χ4n) is 2.38. The molecule has 0 aliphatic carbocycles. The van der Waals surface area contributed by atoms with E-state index in [9.17, 15) is 14.4 Å². The lowest BCUT2D eigenvalue weighted by molar-refractivity contribution is 0.101. The van der Waals surface area contributed by atoms with Crippen molar-refractivity contribution in [1.82, 2.24) is 14.8 Å². The number of ether oxygens (including phenoxy) is 1. The molecule has 1 N–H and O–H groups in total. The Morgan fingerprint density at radius 3 is 2.46 bits per heavy atom. The van der Waals surface area contributed by atoms with Crippen molar-refractivity contribution in [1.29, 1.82) is 0 Å². The summed E-state index contributed by atoms with van der Waals surface area (Å²) in [6.45, 7) is 3.26. The van der Waals surface area contributed by atoms with Crippen LogP contribution in [0.25, 0.3) is 5.69 Å². The molecule has 0 saturated carbocycles. The number of nitrogens with zero attached hydrogens (tertiary/aromatic N) is 2. The van der Waals surface area contributed by atoms with Crippen LogP contribution in [0.2, 0.25) is 5.02 Å². The molecule has 132 valence electrons. The van der Waals surface area contributed by atoms with Crippen LogP contribution < -0.4 is 16.0 Å². The molecule has 0 aliphatic heterocycles. The highest BCUT2D eigenvalue weighted by molar-refractivity contribution is 6.32. The van der Waals surface area contributed by atoms with Gasteiger partial charge >= 0.3 is 5.69 Å². The van der Waals surface area contributed by atoms with E-state index in [1.807, 2.05) is 0 Å². The Morgan fingerprint density at radius 1 is 1.19 bits per heavy atom. The van der Waals surface area contributed by atoms with Gasteiger partial charge in [0, 0.05) is 5.56 Å². The molecule has 3 aromatic rings. The van der Waals surface area contributed by atoms with Gasteiger partial charge in [-0.2, -0.15) is 9.78 Å². The lowest BCUT2D eigenvalue weighted by Crippen LogP contribution is -2.30. The SMILES string of the molecule is CC(=O)c1ccc(Oc2c(C)cc(-n3ncc(=O)[nH]c3=O)cc2Cl)cc1. The molecule has 7 nitrogen and oxygen atoms in total. The molecule has 0 fully saturated rings. The van der Waals surface area contributed by atoms with Crippen LogP contribution in [0.4, 0.5) is 0 Å². The first-order valence-corrected chi connectivity index (χ1v) is 8.01. The highest BCUT2D eigenvalue weighted by Crippen LogP contribution is 2.34. The summed E-state index contributed by atoms with van der Waals surface area (Å²) in [4.78, 5) is 36.5. The van der Waals surface area contributed by atoms with Crippen molar-refractivity contribution < 1.29 is 9.53 Å². The summed E-state index contributed by atoms with van der Waals surface area (Å²) >= 11 is 6.31. The number of benzene rings is 2. The fourth-order valence-corrected chi connectivity index (χ4v) is 2.68. The van der Waals surface area contributed by atoms with Gasteiger partial charge in [-0.05, 0) is 55.8 Å². The summed E-state index contributed by atoms with van der Waals surface area (Å²) in [6.07, 6.45) is 1.01. The number of carbonyl (C=O) groups excluding carboxylic acids is 1. The van der Waals surface area contributed by atoms with Crippen molar-refractivity contribution >= 4 is 17.4 Å². The largest absolute Gasteiger partial charge is 0.456 e. The molecule has 26 heavy (non-hydrogen) atoms. The van der Waals surface area contributed by atoms with Gasteiger partial charge in [0.05, 0.1) is 10.7 Å². The number of rotatable bonds is 4. The Bertz CT molecular complexity index is 1080. The van der Waals surface area contributed by atoms with E-state index in [2.05, 4.69) is 10.1 Å². The van der Waals surface area contributed by atoms with Gasteiger partial charge in [-0.25, -0.2) is 4.79 Å². The van der Waals surface area contributed by atoms with Gasteiger partial charge in [0.2, 0.25) is 0 Å². The first kappa shape index (κ1) is 17.6. The third kappa shape index (κ3) is 3.57. The second-order valence-corrected chi connectivity index (χ2v) is 6.01. The summed E-state index contributed by atoms with van der Waals surface area (Å²) < 4.78 is 6.84. The first-order valence-electron chi connectivity index (χ1n) is 7.63. The number of aryl methyl sites for hydroxylation is 1. The number of hydrogen-bond donors (Lipinski definition) is 1. The molecule has 0 atom stereocenters. The van der Waals surface area contributed by atoms with Crippen LogP contribution in [-0.2, 0) is 0 Å². The van der Waals surface area contributed by atoms with E-state index in [4.69, 9.17) is 16.3 Å². The third-order valence-electron chi connectivity index (χ3n) is 3.65. The molecule has 1 aromatic heterocycles. The topological polar surface area (TPSA) is 94.1 Å². The van der Waals surface area contributed by atoms with Crippen LogP contribution in [-0.4, -0.2) is 20.5 Å². The number of hydrogen-bond acceptors (Lipinski definition) is 5. The van der Waals surface area contributed by atoms with E-state index < -0.39 is 11.2 Å². The summed E-state index contributed by atoms with van der Waals surface area (Å²) in [6, 6.07) is 9.86. The number of ketones is 1. The minimum atomic E-state index is -0.665. The molecule has 1 heterocycles. The minimum absolute atomic E-state index is 0.0334. The Balaban J connectivity index is 1.96. The molecule has 0 amide bonds. The smallest absolute Gasteiger partial charge is 0.349 e. The summed E-state index contributed by atoms with van der Waals surface area (Å²) in [5.74, 6) is 0.907. The molecule has 0 unspecified atom stereocenters. The van der Waals surface area contributed by atoms with Crippen LogP contribution >= 0.6 is 11.6 Å². The van der Waals surface area contributed by atoms with Crippen LogP contribution in [0.1, 0.15) is 22.8 Å².